The smallest absolute Gasteiger partial charge is 0.233 e. The van der Waals surface area contributed by atoms with E-state index >= 15 is 0 Å². The van der Waals surface area contributed by atoms with Crippen LogP contribution in [0.4, 0.5) is 0 Å². The van der Waals surface area contributed by atoms with Gasteiger partial charge in [0.15, 0.2) is 0 Å². The summed E-state index contributed by atoms with van der Waals surface area (Å²) in [5.41, 5.74) is -0.0569. The van der Waals surface area contributed by atoms with Crippen LogP contribution in [0.5, 0.6) is 0 Å². The van der Waals surface area contributed by atoms with Gasteiger partial charge in [-0.3, -0.25) is 4.79 Å². The number of amides is 1. The van der Waals surface area contributed by atoms with Gasteiger partial charge >= 0.3 is 0 Å². The van der Waals surface area contributed by atoms with E-state index in [1.54, 1.807) is 7.05 Å². The molecule has 1 aliphatic rings. The third kappa shape index (κ3) is 3.64. The summed E-state index contributed by atoms with van der Waals surface area (Å²) in [7, 11) is 1.65. The van der Waals surface area contributed by atoms with Gasteiger partial charge in [-0.1, -0.05) is 0 Å². The summed E-state index contributed by atoms with van der Waals surface area (Å²) in [5.74, 6) is 0.0364. The van der Waals surface area contributed by atoms with Crippen LogP contribution < -0.4 is 10.6 Å². The van der Waals surface area contributed by atoms with Crippen molar-refractivity contribution in [1.82, 2.24) is 10.6 Å². The zero-order valence-electron chi connectivity index (χ0n) is 9.22. The SMILES string of the molecule is CNC(=O)CNC1CCOC(C)(C)C1. The van der Waals surface area contributed by atoms with Crippen molar-refractivity contribution in [1.29, 1.82) is 0 Å². The Bertz CT molecular complexity index is 204. The van der Waals surface area contributed by atoms with Crippen molar-refractivity contribution < 1.29 is 9.53 Å². The largest absolute Gasteiger partial charge is 0.375 e. The average molecular weight is 200 g/mol. The van der Waals surface area contributed by atoms with Crippen molar-refractivity contribution in [2.45, 2.75) is 38.3 Å². The maximum Gasteiger partial charge on any atom is 0.233 e. The summed E-state index contributed by atoms with van der Waals surface area (Å²) in [4.78, 5) is 11.0. The minimum Gasteiger partial charge on any atom is -0.375 e. The molecular weight excluding hydrogens is 180 g/mol. The van der Waals surface area contributed by atoms with E-state index in [-0.39, 0.29) is 11.5 Å². The molecule has 4 nitrogen and oxygen atoms in total. The fourth-order valence-corrected chi connectivity index (χ4v) is 1.73. The third-order valence-corrected chi connectivity index (χ3v) is 2.53. The van der Waals surface area contributed by atoms with Gasteiger partial charge < -0.3 is 15.4 Å². The molecule has 1 saturated heterocycles. The van der Waals surface area contributed by atoms with Crippen molar-refractivity contribution in [3.8, 4) is 0 Å². The molecule has 0 aromatic rings. The Morgan fingerprint density at radius 2 is 2.29 bits per heavy atom. The summed E-state index contributed by atoms with van der Waals surface area (Å²) in [5, 5.41) is 5.83. The Kier molecular flexibility index (Phi) is 3.89. The average Bonchev–Trinajstić information content (AvgIpc) is 2.12. The first-order valence-corrected chi connectivity index (χ1v) is 5.11. The van der Waals surface area contributed by atoms with Crippen molar-refractivity contribution >= 4 is 5.91 Å². The lowest BCUT2D eigenvalue weighted by Gasteiger charge is -2.35. The van der Waals surface area contributed by atoms with Gasteiger partial charge in [-0.2, -0.15) is 0 Å². The van der Waals surface area contributed by atoms with Gasteiger partial charge in [0, 0.05) is 19.7 Å². The minimum atomic E-state index is -0.0569. The maximum absolute atomic E-state index is 11.0. The zero-order valence-corrected chi connectivity index (χ0v) is 9.22. The van der Waals surface area contributed by atoms with Crippen LogP contribution >= 0.6 is 0 Å². The number of rotatable bonds is 3. The van der Waals surface area contributed by atoms with Gasteiger partial charge in [0.1, 0.15) is 0 Å². The maximum atomic E-state index is 11.0. The Morgan fingerprint density at radius 1 is 1.57 bits per heavy atom. The fraction of sp³-hybridized carbons (Fsp3) is 0.900. The number of hydrogen-bond acceptors (Lipinski definition) is 3. The van der Waals surface area contributed by atoms with Crippen LogP contribution in [0.2, 0.25) is 0 Å². The second-order valence-corrected chi connectivity index (χ2v) is 4.35. The molecule has 0 saturated carbocycles. The van der Waals surface area contributed by atoms with Gasteiger partial charge in [0.2, 0.25) is 5.91 Å². The Balaban J connectivity index is 2.28. The molecule has 2 N–H and O–H groups in total. The number of nitrogens with one attached hydrogen (secondary N) is 2. The van der Waals surface area contributed by atoms with E-state index < -0.39 is 0 Å². The summed E-state index contributed by atoms with van der Waals surface area (Å²) < 4.78 is 5.59. The van der Waals surface area contributed by atoms with Crippen LogP contribution in [0.3, 0.4) is 0 Å². The van der Waals surface area contributed by atoms with E-state index in [2.05, 4.69) is 24.5 Å². The molecule has 1 rings (SSSR count). The normalized spacial score (nSPS) is 25.8. The van der Waals surface area contributed by atoms with E-state index in [0.717, 1.165) is 19.4 Å². The first-order chi connectivity index (χ1) is 6.53. The molecule has 0 spiro atoms. The van der Waals surface area contributed by atoms with E-state index in [4.69, 9.17) is 4.74 Å². The molecule has 1 unspecified atom stereocenters. The highest BCUT2D eigenvalue weighted by Gasteiger charge is 2.28. The monoisotopic (exact) mass is 200 g/mol. The minimum absolute atomic E-state index is 0.0364. The topological polar surface area (TPSA) is 50.4 Å². The highest BCUT2D eigenvalue weighted by atomic mass is 16.5. The van der Waals surface area contributed by atoms with Crippen LogP contribution in [0.1, 0.15) is 26.7 Å². The van der Waals surface area contributed by atoms with Crippen molar-refractivity contribution in [2.24, 2.45) is 0 Å². The van der Waals surface area contributed by atoms with Crippen LogP contribution in [0.25, 0.3) is 0 Å². The van der Waals surface area contributed by atoms with Crippen LogP contribution in [0, 0.1) is 0 Å². The van der Waals surface area contributed by atoms with Gasteiger partial charge in [-0.25, -0.2) is 0 Å². The van der Waals surface area contributed by atoms with E-state index in [9.17, 15) is 4.79 Å². The molecule has 1 aliphatic heterocycles. The summed E-state index contributed by atoms with van der Waals surface area (Å²) in [6.07, 6.45) is 1.95. The van der Waals surface area contributed by atoms with Gasteiger partial charge in [-0.15, -0.1) is 0 Å². The molecule has 0 aromatic carbocycles. The van der Waals surface area contributed by atoms with E-state index in [1.165, 1.54) is 0 Å². The molecule has 82 valence electrons. The van der Waals surface area contributed by atoms with Crippen LogP contribution in [-0.4, -0.2) is 37.7 Å². The molecule has 0 bridgehead atoms. The van der Waals surface area contributed by atoms with Gasteiger partial charge in [-0.05, 0) is 26.7 Å². The molecule has 1 heterocycles. The predicted octanol–water partition coefficient (Wildman–Crippen LogP) is 0.280. The Labute approximate surface area is 85.4 Å². The quantitative estimate of drug-likeness (QED) is 0.688. The molecular formula is C10H20N2O2. The van der Waals surface area contributed by atoms with Crippen molar-refractivity contribution in [3.05, 3.63) is 0 Å². The molecule has 0 radical (unpaired) electrons. The van der Waals surface area contributed by atoms with Crippen molar-refractivity contribution in [3.63, 3.8) is 0 Å². The van der Waals surface area contributed by atoms with Gasteiger partial charge in [0.05, 0.1) is 12.1 Å². The standard InChI is InChI=1S/C10H20N2O2/c1-10(2)6-8(4-5-14-10)12-7-9(13)11-3/h8,12H,4-7H2,1-3H3,(H,11,13). The number of carbonyl (C=O) groups is 1. The number of hydrogen-bond donors (Lipinski definition) is 2. The summed E-state index contributed by atoms with van der Waals surface area (Å²) in [6, 6.07) is 0.399. The van der Waals surface area contributed by atoms with Crippen LogP contribution in [0.15, 0.2) is 0 Å². The van der Waals surface area contributed by atoms with Gasteiger partial charge in [0.25, 0.3) is 0 Å². The number of carbonyl (C=O) groups excluding carboxylic acids is 1. The lowest BCUT2D eigenvalue weighted by Crippen LogP contribution is -2.46. The lowest BCUT2D eigenvalue weighted by atomic mass is 9.94. The molecule has 4 heteroatoms. The predicted molar refractivity (Wildman–Crippen MR) is 55.1 cm³/mol. The molecule has 14 heavy (non-hydrogen) atoms. The third-order valence-electron chi connectivity index (χ3n) is 2.53. The second-order valence-electron chi connectivity index (χ2n) is 4.35. The first-order valence-electron chi connectivity index (χ1n) is 5.11. The van der Waals surface area contributed by atoms with Crippen LogP contribution in [-0.2, 0) is 9.53 Å². The second kappa shape index (κ2) is 4.75. The van der Waals surface area contributed by atoms with E-state index in [1.807, 2.05) is 0 Å². The Morgan fingerprint density at radius 3 is 2.86 bits per heavy atom. The molecule has 0 aliphatic carbocycles. The molecule has 1 amide bonds. The Hall–Kier alpha value is -0.610. The van der Waals surface area contributed by atoms with Crippen molar-refractivity contribution in [2.75, 3.05) is 20.2 Å². The number of ether oxygens (including phenoxy) is 1. The summed E-state index contributed by atoms with van der Waals surface area (Å²) >= 11 is 0. The van der Waals surface area contributed by atoms with E-state index in [0.29, 0.717) is 12.6 Å². The zero-order chi connectivity index (χ0) is 10.6. The number of likely N-dealkylation sites (N-methyl/N-ethyl adjacent to an activating group) is 1. The lowest BCUT2D eigenvalue weighted by molar-refractivity contribution is -0.120. The summed E-state index contributed by atoms with van der Waals surface area (Å²) in [6.45, 7) is 5.34. The highest BCUT2D eigenvalue weighted by Crippen LogP contribution is 2.23. The first kappa shape index (κ1) is 11.5. The molecule has 1 fully saturated rings. The molecule has 0 aromatic heterocycles. The fourth-order valence-electron chi connectivity index (χ4n) is 1.73. The highest BCUT2D eigenvalue weighted by molar-refractivity contribution is 5.77. The molecule has 1 atom stereocenters.